The van der Waals surface area contributed by atoms with Crippen molar-refractivity contribution < 1.29 is 22.3 Å². The van der Waals surface area contributed by atoms with Gasteiger partial charge < -0.3 is 9.30 Å². The zero-order chi connectivity index (χ0) is 22.3. The molecule has 5 rings (SSSR count). The smallest absolute Gasteiger partial charge is 0.437 e. The highest BCUT2D eigenvalue weighted by Crippen LogP contribution is 2.36. The highest BCUT2D eigenvalue weighted by Gasteiger charge is 2.38. The lowest BCUT2D eigenvalue weighted by Crippen LogP contribution is -2.18. The summed E-state index contributed by atoms with van der Waals surface area (Å²) in [7, 11) is 0. The van der Waals surface area contributed by atoms with Crippen LogP contribution >= 0.6 is 0 Å². The number of pyridine rings is 1. The van der Waals surface area contributed by atoms with Gasteiger partial charge in [-0.1, -0.05) is 0 Å². The normalized spacial score (nSPS) is 15.9. The summed E-state index contributed by atoms with van der Waals surface area (Å²) < 4.78 is 60.7. The number of H-pyrrole nitrogens is 1. The first-order valence-electron chi connectivity index (χ1n) is 9.77. The molecule has 11 heteroatoms. The van der Waals surface area contributed by atoms with Crippen LogP contribution in [0.5, 0.6) is 5.75 Å². The van der Waals surface area contributed by atoms with Crippen LogP contribution in [0.3, 0.4) is 0 Å². The van der Waals surface area contributed by atoms with E-state index in [0.29, 0.717) is 30.3 Å². The number of benzene rings is 1. The first kappa shape index (κ1) is 20.2. The van der Waals surface area contributed by atoms with E-state index in [0.717, 1.165) is 12.0 Å². The fourth-order valence-electron chi connectivity index (χ4n) is 3.82. The van der Waals surface area contributed by atoms with Crippen molar-refractivity contribution in [1.82, 2.24) is 29.9 Å². The average molecular weight is 444 g/mol. The second-order valence-corrected chi connectivity index (χ2v) is 7.42. The number of nitrogens with one attached hydrogen (secondary N) is 1. The van der Waals surface area contributed by atoms with Gasteiger partial charge in [-0.25, -0.2) is 9.37 Å². The van der Waals surface area contributed by atoms with E-state index < -0.39 is 11.9 Å². The molecule has 1 aromatic carbocycles. The predicted octanol–water partition coefficient (Wildman–Crippen LogP) is 4.45. The van der Waals surface area contributed by atoms with Crippen molar-refractivity contribution in [3.8, 4) is 28.4 Å². The number of hydrogen-bond acceptors (Lipinski definition) is 5. The molecular formula is C21H16F4N6O. The van der Waals surface area contributed by atoms with Crippen molar-refractivity contribution in [2.24, 2.45) is 0 Å². The fourth-order valence-corrected chi connectivity index (χ4v) is 3.82. The number of aromatic nitrogens is 6. The molecule has 1 aliphatic heterocycles. The van der Waals surface area contributed by atoms with E-state index in [4.69, 9.17) is 4.74 Å². The van der Waals surface area contributed by atoms with Gasteiger partial charge >= 0.3 is 6.18 Å². The number of fused-ring (bicyclic) bond motifs is 1. The van der Waals surface area contributed by atoms with Gasteiger partial charge in [0.25, 0.3) is 0 Å². The number of nitrogens with zero attached hydrogens (tertiary/aromatic N) is 5. The summed E-state index contributed by atoms with van der Waals surface area (Å²) in [5, 5.41) is 8.90. The van der Waals surface area contributed by atoms with Crippen molar-refractivity contribution in [3.63, 3.8) is 0 Å². The minimum Gasteiger partial charge on any atom is -0.493 e. The molecule has 0 saturated heterocycles. The number of halogens is 4. The highest BCUT2D eigenvalue weighted by atomic mass is 19.4. The van der Waals surface area contributed by atoms with Crippen LogP contribution in [0.1, 0.15) is 23.6 Å². The molecule has 0 amide bonds. The SMILES string of the molecule is Fc1ccc2c(c1)[C@H](Cn1cnc(-c3cc(-c4n[nH]nc4C(F)(F)F)ccn3)c1)CCO2. The maximum atomic E-state index is 13.7. The Labute approximate surface area is 179 Å². The third-order valence-electron chi connectivity index (χ3n) is 5.31. The topological polar surface area (TPSA) is 81.5 Å². The third-order valence-corrected chi connectivity index (χ3v) is 5.31. The molecule has 1 N–H and O–H groups in total. The molecule has 0 aliphatic carbocycles. The molecule has 4 aromatic rings. The predicted molar refractivity (Wildman–Crippen MR) is 105 cm³/mol. The second-order valence-electron chi connectivity index (χ2n) is 7.42. The minimum absolute atomic E-state index is 0.0419. The summed E-state index contributed by atoms with van der Waals surface area (Å²) in [5.41, 5.74) is 0.523. The van der Waals surface area contributed by atoms with E-state index in [1.165, 1.54) is 30.5 Å². The molecule has 0 unspecified atom stereocenters. The van der Waals surface area contributed by atoms with Crippen LogP contribution in [-0.4, -0.2) is 36.6 Å². The zero-order valence-electron chi connectivity index (χ0n) is 16.5. The van der Waals surface area contributed by atoms with E-state index in [2.05, 4.69) is 20.2 Å². The first-order valence-corrected chi connectivity index (χ1v) is 9.77. The Morgan fingerprint density at radius 2 is 1.97 bits per heavy atom. The summed E-state index contributed by atoms with van der Waals surface area (Å²) in [6, 6.07) is 7.40. The number of alkyl halides is 3. The molecule has 3 aromatic heterocycles. The Kier molecular flexibility index (Phi) is 4.87. The molecule has 1 atom stereocenters. The molecule has 164 valence electrons. The quantitative estimate of drug-likeness (QED) is 0.470. The van der Waals surface area contributed by atoms with Crippen molar-refractivity contribution in [1.29, 1.82) is 0 Å². The van der Waals surface area contributed by atoms with E-state index in [-0.39, 0.29) is 23.0 Å². The average Bonchev–Trinajstić information content (AvgIpc) is 3.44. The van der Waals surface area contributed by atoms with Crippen LogP contribution in [0.4, 0.5) is 17.6 Å². The molecule has 0 fully saturated rings. The van der Waals surface area contributed by atoms with Crippen LogP contribution in [0.2, 0.25) is 0 Å². The van der Waals surface area contributed by atoms with Gasteiger partial charge in [0.2, 0.25) is 0 Å². The van der Waals surface area contributed by atoms with E-state index in [1.807, 2.05) is 9.78 Å². The Balaban J connectivity index is 1.40. The maximum Gasteiger partial charge on any atom is 0.437 e. The van der Waals surface area contributed by atoms with Gasteiger partial charge in [0, 0.05) is 36.0 Å². The zero-order valence-corrected chi connectivity index (χ0v) is 16.5. The molecule has 1 aliphatic rings. The number of aromatic amines is 1. The van der Waals surface area contributed by atoms with Gasteiger partial charge in [0.15, 0.2) is 5.69 Å². The molecular weight excluding hydrogens is 428 g/mol. The Bertz CT molecular complexity index is 1270. The lowest BCUT2D eigenvalue weighted by molar-refractivity contribution is -0.140. The van der Waals surface area contributed by atoms with Gasteiger partial charge in [-0.15, -0.1) is 0 Å². The molecule has 7 nitrogen and oxygen atoms in total. The minimum atomic E-state index is -4.63. The van der Waals surface area contributed by atoms with Gasteiger partial charge in [-0.3, -0.25) is 4.98 Å². The number of hydrogen-bond donors (Lipinski definition) is 1. The Hall–Kier alpha value is -3.76. The van der Waals surface area contributed by atoms with Crippen molar-refractivity contribution >= 4 is 0 Å². The first-order chi connectivity index (χ1) is 15.4. The summed E-state index contributed by atoms with van der Waals surface area (Å²) in [5.74, 6) is 0.392. The van der Waals surface area contributed by atoms with Crippen LogP contribution in [0.25, 0.3) is 22.6 Å². The fraction of sp³-hybridized carbons (Fsp3) is 0.238. The lowest BCUT2D eigenvalue weighted by atomic mass is 9.93. The van der Waals surface area contributed by atoms with Gasteiger partial charge in [-0.05, 0) is 36.8 Å². The molecule has 4 heterocycles. The maximum absolute atomic E-state index is 13.7. The number of rotatable bonds is 4. The monoisotopic (exact) mass is 444 g/mol. The second kappa shape index (κ2) is 7.74. The number of imidazole rings is 1. The lowest BCUT2D eigenvalue weighted by Gasteiger charge is -2.26. The van der Waals surface area contributed by atoms with Crippen LogP contribution < -0.4 is 4.74 Å². The molecule has 0 bridgehead atoms. The number of ether oxygens (including phenoxy) is 1. The standard InChI is InChI=1S/C21H16F4N6O/c22-14-1-2-18-15(8-14)13(4-6-32-18)9-31-10-17(27-11-31)16-7-12(3-5-26-16)19-20(21(23,24)25)29-30-28-19/h1-3,5,7-8,10-11,13H,4,6,9H2,(H,28,29,30)/t13-/m0/s1. The van der Waals surface area contributed by atoms with E-state index >= 15 is 0 Å². The summed E-state index contributed by atoms with van der Waals surface area (Å²) >= 11 is 0. The van der Waals surface area contributed by atoms with Crippen LogP contribution in [-0.2, 0) is 12.7 Å². The molecule has 0 saturated carbocycles. The molecule has 0 spiro atoms. The largest absolute Gasteiger partial charge is 0.493 e. The van der Waals surface area contributed by atoms with Crippen molar-refractivity contribution in [2.75, 3.05) is 6.61 Å². The Morgan fingerprint density at radius 1 is 1.09 bits per heavy atom. The highest BCUT2D eigenvalue weighted by molar-refractivity contribution is 5.67. The summed E-state index contributed by atoms with van der Waals surface area (Å²) in [6.07, 6.45) is 0.871. The van der Waals surface area contributed by atoms with Crippen molar-refractivity contribution in [3.05, 3.63) is 66.1 Å². The van der Waals surface area contributed by atoms with E-state index in [9.17, 15) is 17.6 Å². The molecule has 0 radical (unpaired) electrons. The van der Waals surface area contributed by atoms with Gasteiger partial charge in [0.05, 0.1) is 18.6 Å². The van der Waals surface area contributed by atoms with Crippen LogP contribution in [0, 0.1) is 5.82 Å². The Morgan fingerprint density at radius 3 is 2.81 bits per heavy atom. The van der Waals surface area contributed by atoms with Gasteiger partial charge in [-0.2, -0.15) is 28.6 Å². The van der Waals surface area contributed by atoms with Gasteiger partial charge in [0.1, 0.15) is 23.0 Å². The van der Waals surface area contributed by atoms with Crippen molar-refractivity contribution in [2.45, 2.75) is 25.1 Å². The summed E-state index contributed by atoms with van der Waals surface area (Å²) in [6.45, 7) is 1.09. The molecule has 32 heavy (non-hydrogen) atoms. The van der Waals surface area contributed by atoms with Crippen LogP contribution in [0.15, 0.2) is 49.1 Å². The van der Waals surface area contributed by atoms with E-state index in [1.54, 1.807) is 18.6 Å². The third kappa shape index (κ3) is 3.81. The summed E-state index contributed by atoms with van der Waals surface area (Å²) in [4.78, 5) is 8.58.